The molecule has 0 amide bonds. The van der Waals surface area contributed by atoms with Crippen LogP contribution in [0.3, 0.4) is 0 Å². The van der Waals surface area contributed by atoms with Gasteiger partial charge in [0.15, 0.2) is 0 Å². The number of rotatable bonds is 7. The molecule has 0 saturated heterocycles. The highest BCUT2D eigenvalue weighted by atomic mass is 16.3. The molecule has 0 aliphatic carbocycles. The van der Waals surface area contributed by atoms with Crippen LogP contribution in [0.15, 0.2) is 24.3 Å². The van der Waals surface area contributed by atoms with Crippen molar-refractivity contribution in [2.45, 2.75) is 52.1 Å². The fraction of sp³-hybridized carbons (Fsp3) is 0.600. The summed E-state index contributed by atoms with van der Waals surface area (Å²) in [7, 11) is 0. The van der Waals surface area contributed by atoms with Gasteiger partial charge in [-0.25, -0.2) is 0 Å². The molecule has 1 aromatic rings. The van der Waals surface area contributed by atoms with Gasteiger partial charge < -0.3 is 5.11 Å². The normalized spacial score (nSPS) is 14.7. The molecule has 0 aromatic heterocycles. The Balaban J connectivity index is 2.33. The third-order valence-corrected chi connectivity index (χ3v) is 3.14. The lowest BCUT2D eigenvalue weighted by Crippen LogP contribution is -2.09. The van der Waals surface area contributed by atoms with E-state index in [1.54, 1.807) is 0 Å². The van der Waals surface area contributed by atoms with Crippen molar-refractivity contribution in [2.75, 3.05) is 0 Å². The first-order valence-corrected chi connectivity index (χ1v) is 6.39. The van der Waals surface area contributed by atoms with E-state index in [1.165, 1.54) is 25.7 Å². The van der Waals surface area contributed by atoms with E-state index >= 15 is 0 Å². The molecular weight excluding hydrogens is 196 g/mol. The summed E-state index contributed by atoms with van der Waals surface area (Å²) in [4.78, 5) is 0. The molecular formula is C15H23O. The van der Waals surface area contributed by atoms with E-state index in [-0.39, 0.29) is 6.10 Å². The zero-order valence-corrected chi connectivity index (χ0v) is 10.4. The molecule has 2 atom stereocenters. The zero-order valence-electron chi connectivity index (χ0n) is 10.4. The maximum Gasteiger partial charge on any atom is 0.0815 e. The van der Waals surface area contributed by atoms with Crippen molar-refractivity contribution in [3.05, 3.63) is 35.9 Å². The van der Waals surface area contributed by atoms with E-state index in [0.717, 1.165) is 12.0 Å². The second kappa shape index (κ2) is 7.45. The van der Waals surface area contributed by atoms with Crippen LogP contribution in [0.1, 0.15) is 57.6 Å². The molecule has 1 heteroatoms. The molecule has 1 rings (SSSR count). The monoisotopic (exact) mass is 219 g/mol. The molecule has 1 nitrogen and oxygen atoms in total. The highest BCUT2D eigenvalue weighted by molar-refractivity contribution is 5.16. The van der Waals surface area contributed by atoms with Crippen LogP contribution >= 0.6 is 0 Å². The summed E-state index contributed by atoms with van der Waals surface area (Å²) in [5.41, 5.74) is 1.02. The van der Waals surface area contributed by atoms with Crippen LogP contribution in [-0.2, 0) is 0 Å². The molecule has 1 aromatic carbocycles. The number of benzene rings is 1. The highest BCUT2D eigenvalue weighted by Crippen LogP contribution is 2.25. The van der Waals surface area contributed by atoms with Crippen molar-refractivity contribution in [2.24, 2.45) is 5.92 Å². The molecule has 1 N–H and O–H groups in total. The lowest BCUT2D eigenvalue weighted by Gasteiger charge is -2.19. The maximum atomic E-state index is 10.1. The van der Waals surface area contributed by atoms with Crippen molar-refractivity contribution in [3.8, 4) is 0 Å². The van der Waals surface area contributed by atoms with Gasteiger partial charge in [-0.15, -0.1) is 0 Å². The summed E-state index contributed by atoms with van der Waals surface area (Å²) >= 11 is 0. The molecule has 0 aliphatic rings. The van der Waals surface area contributed by atoms with Crippen LogP contribution in [0.2, 0.25) is 0 Å². The van der Waals surface area contributed by atoms with Crippen LogP contribution in [-0.4, -0.2) is 5.11 Å². The second-order valence-corrected chi connectivity index (χ2v) is 4.60. The Morgan fingerprint density at radius 2 is 1.88 bits per heavy atom. The molecule has 0 heterocycles. The van der Waals surface area contributed by atoms with Gasteiger partial charge >= 0.3 is 0 Å². The minimum atomic E-state index is -0.323. The quantitative estimate of drug-likeness (QED) is 0.684. The Kier molecular flexibility index (Phi) is 6.17. The summed E-state index contributed by atoms with van der Waals surface area (Å²) < 4.78 is 0. The van der Waals surface area contributed by atoms with Crippen molar-refractivity contribution in [3.63, 3.8) is 0 Å². The Labute approximate surface area is 99.5 Å². The Bertz CT molecular complexity index is 268. The van der Waals surface area contributed by atoms with Gasteiger partial charge in [-0.1, -0.05) is 63.8 Å². The minimum Gasteiger partial charge on any atom is -0.388 e. The third-order valence-electron chi connectivity index (χ3n) is 3.14. The molecule has 0 aliphatic heterocycles. The van der Waals surface area contributed by atoms with Gasteiger partial charge in [0.05, 0.1) is 6.10 Å². The van der Waals surface area contributed by atoms with Crippen molar-refractivity contribution < 1.29 is 5.11 Å². The van der Waals surface area contributed by atoms with Gasteiger partial charge in [-0.05, 0) is 24.0 Å². The van der Waals surface area contributed by atoms with Crippen LogP contribution in [0.5, 0.6) is 0 Å². The fourth-order valence-corrected chi connectivity index (χ4v) is 1.98. The standard InChI is InChI=1S/C15H23O/c1-3-4-5-7-10-13(2)15(16)14-11-8-6-9-12-14/h8-9,11-13,15-16H,3-5,7,10H2,1-2H3. The molecule has 89 valence electrons. The van der Waals surface area contributed by atoms with Crippen molar-refractivity contribution in [1.82, 2.24) is 0 Å². The van der Waals surface area contributed by atoms with Crippen molar-refractivity contribution in [1.29, 1.82) is 0 Å². The fourth-order valence-electron chi connectivity index (χ4n) is 1.98. The van der Waals surface area contributed by atoms with E-state index < -0.39 is 0 Å². The number of hydrogen-bond acceptors (Lipinski definition) is 1. The molecule has 0 spiro atoms. The zero-order chi connectivity index (χ0) is 11.8. The first kappa shape index (κ1) is 13.2. The number of aliphatic hydroxyl groups is 1. The summed E-state index contributed by atoms with van der Waals surface area (Å²) in [6.07, 6.45) is 5.88. The van der Waals surface area contributed by atoms with E-state index in [2.05, 4.69) is 19.9 Å². The number of aliphatic hydroxyl groups excluding tert-OH is 1. The maximum absolute atomic E-state index is 10.1. The van der Waals surface area contributed by atoms with Gasteiger partial charge in [0.25, 0.3) is 0 Å². The van der Waals surface area contributed by atoms with Crippen LogP contribution in [0.25, 0.3) is 0 Å². The first-order valence-electron chi connectivity index (χ1n) is 6.39. The van der Waals surface area contributed by atoms with Gasteiger partial charge in [-0.2, -0.15) is 0 Å². The summed E-state index contributed by atoms with van der Waals surface area (Å²) in [6, 6.07) is 10.6. The van der Waals surface area contributed by atoms with Crippen LogP contribution in [0.4, 0.5) is 0 Å². The second-order valence-electron chi connectivity index (χ2n) is 4.60. The average Bonchev–Trinajstić information content (AvgIpc) is 2.34. The largest absolute Gasteiger partial charge is 0.388 e. The van der Waals surface area contributed by atoms with Gasteiger partial charge in [0, 0.05) is 0 Å². The SMILES string of the molecule is CCCCCCC(C)C(O)c1cc[c]cc1. The molecule has 0 fully saturated rings. The Morgan fingerprint density at radius 3 is 2.50 bits per heavy atom. The van der Waals surface area contributed by atoms with Gasteiger partial charge in [-0.3, -0.25) is 0 Å². The van der Waals surface area contributed by atoms with E-state index in [0.29, 0.717) is 5.92 Å². The van der Waals surface area contributed by atoms with E-state index in [9.17, 15) is 5.11 Å². The molecule has 16 heavy (non-hydrogen) atoms. The lowest BCUT2D eigenvalue weighted by molar-refractivity contribution is 0.111. The first-order chi connectivity index (χ1) is 7.75. The number of unbranched alkanes of at least 4 members (excludes halogenated alkanes) is 3. The lowest BCUT2D eigenvalue weighted by atomic mass is 9.92. The molecule has 2 unspecified atom stereocenters. The van der Waals surface area contributed by atoms with Gasteiger partial charge in [0.2, 0.25) is 0 Å². The predicted molar refractivity (Wildman–Crippen MR) is 68.2 cm³/mol. The summed E-state index contributed by atoms with van der Waals surface area (Å²) in [6.45, 7) is 4.35. The van der Waals surface area contributed by atoms with Crippen molar-refractivity contribution >= 4 is 0 Å². The smallest absolute Gasteiger partial charge is 0.0815 e. The summed E-state index contributed by atoms with van der Waals surface area (Å²) in [5.74, 6) is 0.347. The number of hydrogen-bond donors (Lipinski definition) is 1. The minimum absolute atomic E-state index is 0.323. The highest BCUT2D eigenvalue weighted by Gasteiger charge is 2.15. The predicted octanol–water partition coefficient (Wildman–Crippen LogP) is 4.13. The van der Waals surface area contributed by atoms with Crippen LogP contribution in [0, 0.1) is 12.0 Å². The van der Waals surface area contributed by atoms with E-state index in [4.69, 9.17) is 0 Å². The molecule has 0 saturated carbocycles. The van der Waals surface area contributed by atoms with E-state index in [1.807, 2.05) is 24.3 Å². The molecule has 1 radical (unpaired) electrons. The Hall–Kier alpha value is -0.820. The third kappa shape index (κ3) is 4.36. The summed E-state index contributed by atoms with van der Waals surface area (Å²) in [5, 5.41) is 10.1. The van der Waals surface area contributed by atoms with Gasteiger partial charge in [0.1, 0.15) is 0 Å². The topological polar surface area (TPSA) is 20.2 Å². The Morgan fingerprint density at radius 1 is 1.19 bits per heavy atom. The average molecular weight is 219 g/mol. The molecule has 0 bridgehead atoms. The van der Waals surface area contributed by atoms with Crippen LogP contribution < -0.4 is 0 Å².